The van der Waals surface area contributed by atoms with Crippen molar-refractivity contribution in [3.05, 3.63) is 30.3 Å². The van der Waals surface area contributed by atoms with Crippen molar-refractivity contribution in [3.8, 4) is 0 Å². The van der Waals surface area contributed by atoms with Crippen molar-refractivity contribution in [2.24, 2.45) is 0 Å². The van der Waals surface area contributed by atoms with Crippen molar-refractivity contribution in [1.82, 2.24) is 0 Å². The lowest BCUT2D eigenvalue weighted by atomic mass is 10.2. The van der Waals surface area contributed by atoms with Gasteiger partial charge in [-0.05, 0) is 50.8 Å². The van der Waals surface area contributed by atoms with Crippen LogP contribution in [-0.2, 0) is 18.1 Å². The van der Waals surface area contributed by atoms with Crippen LogP contribution < -0.4 is 4.90 Å². The molecule has 1 aromatic carbocycles. The molecule has 142 valence electrons. The molecule has 0 heterocycles. The van der Waals surface area contributed by atoms with Crippen LogP contribution in [0.4, 0.5) is 5.69 Å². The first kappa shape index (κ1) is 21.9. The second kappa shape index (κ2) is 10.1. The predicted molar refractivity (Wildman–Crippen MR) is 108 cm³/mol. The monoisotopic (exact) mass is 383 g/mol. The van der Waals surface area contributed by atoms with Crippen LogP contribution in [-0.4, -0.2) is 50.2 Å². The fraction of sp³-hybridized carbons (Fsp3) is 0.611. The molecule has 1 aromatic rings. The molecule has 0 unspecified atom stereocenters. The third-order valence-corrected chi connectivity index (χ3v) is 7.88. The maximum atomic E-state index is 12.1. The van der Waals surface area contributed by atoms with Crippen molar-refractivity contribution in [3.63, 3.8) is 0 Å². The molecule has 0 spiro atoms. The summed E-state index contributed by atoms with van der Waals surface area (Å²) in [6.45, 7) is 9.68. The normalized spacial score (nSPS) is 12.1. The second-order valence-electron chi connectivity index (χ2n) is 7.30. The third-order valence-electron chi connectivity index (χ3n) is 4.05. The minimum Gasteiger partial charge on any atom is -0.520 e. The Hall–Kier alpha value is -1.16. The topological polar surface area (TPSA) is 48.0 Å². The minimum absolute atomic E-state index is 0.104. The number of hydrogen-bond donors (Lipinski definition) is 0. The summed E-state index contributed by atoms with van der Waals surface area (Å²) in [5.74, 6) is -0.104. The van der Waals surface area contributed by atoms with Gasteiger partial charge in [-0.25, -0.2) is 0 Å². The number of rotatable bonds is 11. The Morgan fingerprint density at radius 3 is 2.12 bits per heavy atom. The fourth-order valence-corrected chi connectivity index (χ4v) is 4.67. The van der Waals surface area contributed by atoms with Crippen LogP contribution in [0.2, 0.25) is 32.2 Å². The standard InChI is InChI=1S/C18H33NO4Si2/c1-21-25(6,22-2)16-10-14-19(17-11-8-7-9-12-17)15-13-18(20)23-24(3,4)5/h7-9,11-12H,10,13-16H2,1-6H3. The Labute approximate surface area is 154 Å². The highest BCUT2D eigenvalue weighted by Gasteiger charge is 2.28. The number of carbonyl (C=O) groups excluding carboxylic acids is 1. The van der Waals surface area contributed by atoms with E-state index in [0.29, 0.717) is 13.0 Å². The minimum atomic E-state index is -2.05. The van der Waals surface area contributed by atoms with Gasteiger partial charge in [-0.1, -0.05) is 18.2 Å². The van der Waals surface area contributed by atoms with E-state index in [1.807, 2.05) is 37.8 Å². The van der Waals surface area contributed by atoms with Crippen molar-refractivity contribution in [2.75, 3.05) is 32.2 Å². The quantitative estimate of drug-likeness (QED) is 0.540. The van der Waals surface area contributed by atoms with Crippen molar-refractivity contribution in [2.45, 2.75) is 45.1 Å². The molecule has 0 N–H and O–H groups in total. The summed E-state index contributed by atoms with van der Waals surface area (Å²) >= 11 is 0. The molecular formula is C18H33NO4Si2. The summed E-state index contributed by atoms with van der Waals surface area (Å²) in [6.07, 6.45) is 1.37. The number of nitrogens with zero attached hydrogens (tertiary/aromatic N) is 1. The van der Waals surface area contributed by atoms with Crippen LogP contribution in [0.15, 0.2) is 30.3 Å². The van der Waals surface area contributed by atoms with E-state index in [1.165, 1.54) is 0 Å². The first-order valence-electron chi connectivity index (χ1n) is 8.81. The molecular weight excluding hydrogens is 350 g/mol. The van der Waals surface area contributed by atoms with E-state index in [1.54, 1.807) is 14.2 Å². The van der Waals surface area contributed by atoms with Gasteiger partial charge in [0.05, 0.1) is 6.42 Å². The Bertz CT molecular complexity index is 516. The molecule has 7 heteroatoms. The average Bonchev–Trinajstić information content (AvgIpc) is 2.57. The molecule has 0 bridgehead atoms. The van der Waals surface area contributed by atoms with Crippen LogP contribution >= 0.6 is 0 Å². The Balaban J connectivity index is 2.64. The highest BCUT2D eigenvalue weighted by atomic mass is 28.4. The smallest absolute Gasteiger partial charge is 0.334 e. The zero-order chi connectivity index (χ0) is 18.9. The fourth-order valence-electron chi connectivity index (χ4n) is 2.51. The number of carbonyl (C=O) groups is 1. The van der Waals surface area contributed by atoms with E-state index >= 15 is 0 Å². The molecule has 0 saturated carbocycles. The summed E-state index contributed by atoms with van der Waals surface area (Å²) in [6, 6.07) is 11.1. The maximum absolute atomic E-state index is 12.1. The third kappa shape index (κ3) is 8.66. The maximum Gasteiger partial charge on any atom is 0.334 e. The van der Waals surface area contributed by atoms with Gasteiger partial charge >= 0.3 is 8.56 Å². The van der Waals surface area contributed by atoms with Crippen LogP contribution in [0.1, 0.15) is 12.8 Å². The summed E-state index contributed by atoms with van der Waals surface area (Å²) < 4.78 is 16.7. The van der Waals surface area contributed by atoms with Crippen LogP contribution in [0.25, 0.3) is 0 Å². The van der Waals surface area contributed by atoms with E-state index < -0.39 is 16.9 Å². The summed E-state index contributed by atoms with van der Waals surface area (Å²) in [7, 11) is -0.443. The molecule has 0 aliphatic rings. The number of para-hydroxylation sites is 1. The van der Waals surface area contributed by atoms with Gasteiger partial charge in [0, 0.05) is 33.0 Å². The molecule has 1 rings (SSSR count). The molecule has 0 aliphatic heterocycles. The van der Waals surface area contributed by atoms with Crippen molar-refractivity contribution in [1.29, 1.82) is 0 Å². The van der Waals surface area contributed by atoms with Gasteiger partial charge in [0.1, 0.15) is 0 Å². The molecule has 0 fully saturated rings. The van der Waals surface area contributed by atoms with E-state index in [2.05, 4.69) is 23.6 Å². The van der Waals surface area contributed by atoms with Crippen molar-refractivity contribution >= 4 is 28.5 Å². The van der Waals surface area contributed by atoms with Gasteiger partial charge in [0.15, 0.2) is 0 Å². The van der Waals surface area contributed by atoms with Gasteiger partial charge in [-0.2, -0.15) is 0 Å². The first-order valence-corrected chi connectivity index (χ1v) is 14.7. The van der Waals surface area contributed by atoms with E-state index in [-0.39, 0.29) is 5.97 Å². The molecule has 0 saturated heterocycles. The second-order valence-corrected chi connectivity index (χ2v) is 15.3. The highest BCUT2D eigenvalue weighted by molar-refractivity contribution is 6.71. The van der Waals surface area contributed by atoms with Crippen LogP contribution in [0.3, 0.4) is 0 Å². The molecule has 25 heavy (non-hydrogen) atoms. The zero-order valence-corrected chi connectivity index (χ0v) is 18.5. The molecule has 5 nitrogen and oxygen atoms in total. The highest BCUT2D eigenvalue weighted by Crippen LogP contribution is 2.18. The van der Waals surface area contributed by atoms with Gasteiger partial charge in [-0.3, -0.25) is 4.79 Å². The lowest BCUT2D eigenvalue weighted by molar-refractivity contribution is -0.134. The summed E-state index contributed by atoms with van der Waals surface area (Å²) in [5, 5.41) is 0. The number of anilines is 1. The Morgan fingerprint density at radius 1 is 1.00 bits per heavy atom. The van der Waals surface area contributed by atoms with Gasteiger partial charge in [0.2, 0.25) is 8.32 Å². The lowest BCUT2D eigenvalue weighted by Gasteiger charge is -2.28. The van der Waals surface area contributed by atoms with E-state index in [9.17, 15) is 4.79 Å². The lowest BCUT2D eigenvalue weighted by Crippen LogP contribution is -2.37. The average molecular weight is 384 g/mol. The zero-order valence-electron chi connectivity index (χ0n) is 16.5. The van der Waals surface area contributed by atoms with Gasteiger partial charge in [-0.15, -0.1) is 0 Å². The predicted octanol–water partition coefficient (Wildman–Crippen LogP) is 4.02. The Kier molecular flexibility index (Phi) is 8.85. The number of hydrogen-bond acceptors (Lipinski definition) is 5. The van der Waals surface area contributed by atoms with Crippen LogP contribution in [0, 0.1) is 0 Å². The molecule has 0 amide bonds. The largest absolute Gasteiger partial charge is 0.520 e. The van der Waals surface area contributed by atoms with Crippen molar-refractivity contribution < 1.29 is 18.1 Å². The first-order chi connectivity index (χ1) is 11.7. The van der Waals surface area contributed by atoms with Gasteiger partial charge in [0.25, 0.3) is 5.97 Å². The summed E-state index contributed by atoms with van der Waals surface area (Å²) in [4.78, 5) is 14.3. The SMILES string of the molecule is CO[Si](C)(CCCN(CCC(=O)O[Si](C)(C)C)c1ccccc1)OC. The molecule has 0 atom stereocenters. The van der Waals surface area contributed by atoms with E-state index in [4.69, 9.17) is 13.3 Å². The Morgan fingerprint density at radius 2 is 1.60 bits per heavy atom. The molecule has 0 radical (unpaired) electrons. The van der Waals surface area contributed by atoms with Crippen LogP contribution in [0.5, 0.6) is 0 Å². The number of benzene rings is 1. The summed E-state index contributed by atoms with van der Waals surface area (Å²) in [5.41, 5.74) is 1.13. The van der Waals surface area contributed by atoms with E-state index in [0.717, 1.165) is 24.7 Å². The molecule has 0 aliphatic carbocycles. The molecule has 0 aromatic heterocycles. The van der Waals surface area contributed by atoms with Gasteiger partial charge < -0.3 is 18.2 Å².